The van der Waals surface area contributed by atoms with Crippen molar-refractivity contribution in [3.05, 3.63) is 47.0 Å². The lowest BCUT2D eigenvalue weighted by molar-refractivity contribution is -0.118. The number of carbonyl (C=O) groups is 1. The molecule has 1 rings (SSSR count). The summed E-state index contributed by atoms with van der Waals surface area (Å²) in [4.78, 5) is 16.3. The Morgan fingerprint density at radius 1 is 1.37 bits per heavy atom. The molecule has 0 spiro atoms. The fraction of sp³-hybridized carbons (Fsp3) is 0.308. The highest BCUT2D eigenvalue weighted by Gasteiger charge is 2.22. The average Bonchev–Trinajstić information content (AvgIpc) is 2.47. The molecule has 100 valence electrons. The van der Waals surface area contributed by atoms with Gasteiger partial charge in [0.1, 0.15) is 0 Å². The lowest BCUT2D eigenvalue weighted by atomic mass is 10.2. The molecule has 1 aromatic rings. The van der Waals surface area contributed by atoms with E-state index >= 15 is 0 Å². The van der Waals surface area contributed by atoms with Crippen molar-refractivity contribution in [3.63, 3.8) is 0 Å². The van der Waals surface area contributed by atoms with Crippen molar-refractivity contribution in [2.24, 2.45) is 0 Å². The van der Waals surface area contributed by atoms with Crippen molar-refractivity contribution in [1.29, 1.82) is 5.39 Å². The Hall–Kier alpha value is -2.55. The lowest BCUT2D eigenvalue weighted by Gasteiger charge is -2.16. The molecule has 1 amide bonds. The van der Waals surface area contributed by atoms with E-state index in [0.29, 0.717) is 0 Å². The fourth-order valence-electron chi connectivity index (χ4n) is 1.51. The molecule has 0 saturated carbocycles. The maximum Gasteiger partial charge on any atom is 0.440 e. The molecule has 6 nitrogen and oxygen atoms in total. The second-order valence-corrected chi connectivity index (χ2v) is 3.84. The monoisotopic (exact) mass is 262 g/mol. The van der Waals surface area contributed by atoms with Gasteiger partial charge in [-0.15, -0.1) is 0 Å². The van der Waals surface area contributed by atoms with E-state index in [9.17, 15) is 9.90 Å². The van der Waals surface area contributed by atoms with Gasteiger partial charge in [-0.1, -0.05) is 18.2 Å². The van der Waals surface area contributed by atoms with Gasteiger partial charge in [-0.3, -0.25) is 4.79 Å². The number of methoxy groups -OCH3 is 1. The van der Waals surface area contributed by atoms with E-state index in [1.165, 1.54) is 12.0 Å². The summed E-state index contributed by atoms with van der Waals surface area (Å²) in [5.41, 5.74) is 0.715. The summed E-state index contributed by atoms with van der Waals surface area (Å²) in [5, 5.41) is 18.0. The summed E-state index contributed by atoms with van der Waals surface area (Å²) < 4.78 is 4.54. The number of allylic oxidation sites excluding steroid dienone is 1. The van der Waals surface area contributed by atoms with Crippen molar-refractivity contribution in [3.8, 4) is 0 Å². The van der Waals surface area contributed by atoms with Crippen LogP contribution in [0.3, 0.4) is 0 Å². The molecule has 0 fully saturated rings. The zero-order valence-corrected chi connectivity index (χ0v) is 10.9. The number of benzene rings is 1. The molecule has 1 N–H and O–H groups in total. The Morgan fingerprint density at radius 2 is 2.00 bits per heavy atom. The van der Waals surface area contributed by atoms with Gasteiger partial charge < -0.3 is 14.7 Å². The minimum atomic E-state index is -0.488. The van der Waals surface area contributed by atoms with Crippen molar-refractivity contribution >= 4 is 11.6 Å². The molecule has 0 saturated heterocycles. The van der Waals surface area contributed by atoms with Crippen molar-refractivity contribution < 1.29 is 14.6 Å². The van der Waals surface area contributed by atoms with Crippen LogP contribution in [0.1, 0.15) is 12.8 Å². The van der Waals surface area contributed by atoms with Crippen LogP contribution in [0.5, 0.6) is 0 Å². The van der Waals surface area contributed by atoms with Crippen molar-refractivity contribution in [1.82, 2.24) is 0 Å². The van der Waals surface area contributed by atoms with Crippen LogP contribution in [0.15, 0.2) is 42.0 Å². The third-order valence-electron chi connectivity index (χ3n) is 2.65. The van der Waals surface area contributed by atoms with Gasteiger partial charge in [0, 0.05) is 19.2 Å². The highest BCUT2D eigenvalue weighted by Crippen LogP contribution is 2.16. The molecule has 19 heavy (non-hydrogen) atoms. The molecule has 0 bridgehead atoms. The third-order valence-corrected chi connectivity index (χ3v) is 2.65. The molecule has 0 unspecified atom stereocenters. The number of anilines is 1. The van der Waals surface area contributed by atoms with E-state index in [1.807, 2.05) is 30.3 Å². The maximum absolute atomic E-state index is 11.9. The number of aliphatic hydroxyl groups is 1. The highest BCUT2D eigenvalue weighted by molar-refractivity contribution is 5.92. The Morgan fingerprint density at radius 3 is 2.53 bits per heavy atom. The zero-order chi connectivity index (χ0) is 14.3. The van der Waals surface area contributed by atoms with Gasteiger partial charge in [0.05, 0.1) is 13.5 Å². The first kappa shape index (κ1) is 14.5. The predicted molar refractivity (Wildman–Crippen MR) is 70.8 cm³/mol. The number of ether oxygens (including phenoxy) is 1. The minimum Gasteiger partial charge on any atom is -0.475 e. The molecular weight excluding hydrogens is 246 g/mol. The number of hydrogen-bond acceptors (Lipinski definition) is 4. The standard InChI is InChI=1S/C13H15N3O3/c1-16(10-6-4-3-5-7-10)12(17)9-8-11(15-14)13(18)19-2/h3-7H,8-9H2,1-2H3/p+1/b13-11-. The number of para-hydroxylation sites is 1. The topological polar surface area (TPSA) is 77.9 Å². The van der Waals surface area contributed by atoms with Gasteiger partial charge in [0.25, 0.3) is 0 Å². The van der Waals surface area contributed by atoms with Crippen LogP contribution in [-0.4, -0.2) is 25.2 Å². The Bertz CT molecular complexity index is 506. The zero-order valence-electron chi connectivity index (χ0n) is 10.9. The van der Waals surface area contributed by atoms with Gasteiger partial charge in [0.15, 0.2) is 4.98 Å². The highest BCUT2D eigenvalue weighted by atomic mass is 16.6. The summed E-state index contributed by atoms with van der Waals surface area (Å²) in [6.45, 7) is 0. The first-order chi connectivity index (χ1) is 9.10. The van der Waals surface area contributed by atoms with Crippen LogP contribution >= 0.6 is 0 Å². The largest absolute Gasteiger partial charge is 0.475 e. The molecule has 0 aliphatic carbocycles. The number of hydrogen-bond donors (Lipinski definition) is 1. The fourth-order valence-corrected chi connectivity index (χ4v) is 1.51. The Labute approximate surface area is 111 Å². The van der Waals surface area contributed by atoms with Gasteiger partial charge in [-0.2, -0.15) is 0 Å². The number of amides is 1. The lowest BCUT2D eigenvalue weighted by Crippen LogP contribution is -2.25. The molecule has 0 aliphatic heterocycles. The van der Waals surface area contributed by atoms with Gasteiger partial charge in [0.2, 0.25) is 11.3 Å². The summed E-state index contributed by atoms with van der Waals surface area (Å²) in [6.07, 6.45) is 0.185. The smallest absolute Gasteiger partial charge is 0.440 e. The normalized spacial score (nSPS) is 11.2. The van der Waals surface area contributed by atoms with Crippen LogP contribution < -0.4 is 4.90 Å². The van der Waals surface area contributed by atoms with Crippen molar-refractivity contribution in [2.45, 2.75) is 12.8 Å². The Kier molecular flexibility index (Phi) is 5.35. The molecule has 0 radical (unpaired) electrons. The van der Waals surface area contributed by atoms with E-state index in [0.717, 1.165) is 5.69 Å². The molecule has 1 aromatic carbocycles. The minimum absolute atomic E-state index is 0.0580. The SMILES string of the molecule is CO/C(O)=C(/CCC(=O)N(C)c1ccccc1)[N+]#N. The van der Waals surface area contributed by atoms with E-state index in [4.69, 9.17) is 5.39 Å². The first-order valence-corrected chi connectivity index (χ1v) is 5.73. The van der Waals surface area contributed by atoms with Crippen LogP contribution in [0.25, 0.3) is 4.98 Å². The van der Waals surface area contributed by atoms with Gasteiger partial charge >= 0.3 is 11.6 Å². The van der Waals surface area contributed by atoms with Crippen molar-refractivity contribution in [2.75, 3.05) is 19.1 Å². The Balaban J connectivity index is 2.64. The molecular formula is C13H16N3O3+. The predicted octanol–water partition coefficient (Wildman–Crippen LogP) is 2.66. The first-order valence-electron chi connectivity index (χ1n) is 5.73. The van der Waals surface area contributed by atoms with E-state index in [2.05, 4.69) is 9.71 Å². The number of rotatable bonds is 5. The number of nitrogens with zero attached hydrogens (tertiary/aromatic N) is 3. The van der Waals surface area contributed by atoms with Crippen LogP contribution in [0, 0.1) is 5.39 Å². The van der Waals surface area contributed by atoms with Crippen LogP contribution in [0.2, 0.25) is 0 Å². The molecule has 0 atom stereocenters. The van der Waals surface area contributed by atoms with Crippen LogP contribution in [0.4, 0.5) is 5.69 Å². The maximum atomic E-state index is 11.9. The second-order valence-electron chi connectivity index (χ2n) is 3.84. The summed E-state index contributed by atoms with van der Waals surface area (Å²) >= 11 is 0. The van der Waals surface area contributed by atoms with E-state index in [1.54, 1.807) is 7.05 Å². The number of aliphatic hydroxyl groups excluding tert-OH is 1. The molecule has 6 heteroatoms. The van der Waals surface area contributed by atoms with Gasteiger partial charge in [-0.05, 0) is 12.1 Å². The number of diazo groups is 1. The molecule has 0 aliphatic rings. The number of carbonyl (C=O) groups excluding carboxylic acids is 1. The van der Waals surface area contributed by atoms with E-state index < -0.39 is 5.95 Å². The summed E-state index contributed by atoms with van der Waals surface area (Å²) in [6, 6.07) is 9.17. The van der Waals surface area contributed by atoms with E-state index in [-0.39, 0.29) is 24.4 Å². The molecule has 0 aromatic heterocycles. The van der Waals surface area contributed by atoms with Gasteiger partial charge in [-0.25, -0.2) is 0 Å². The second kappa shape index (κ2) is 7.01. The van der Waals surface area contributed by atoms with Crippen LogP contribution in [-0.2, 0) is 9.53 Å². The molecule has 0 heterocycles. The quantitative estimate of drug-likeness (QED) is 0.653. The third kappa shape index (κ3) is 4.00. The average molecular weight is 262 g/mol. The summed E-state index contributed by atoms with van der Waals surface area (Å²) in [5.74, 6) is -0.645. The summed E-state index contributed by atoms with van der Waals surface area (Å²) in [7, 11) is 2.91.